The van der Waals surface area contributed by atoms with Gasteiger partial charge < -0.3 is 20.8 Å². The summed E-state index contributed by atoms with van der Waals surface area (Å²) in [5, 5.41) is 3.39. The first kappa shape index (κ1) is 12.3. The van der Waals surface area contributed by atoms with Crippen molar-refractivity contribution in [3.63, 3.8) is 0 Å². The summed E-state index contributed by atoms with van der Waals surface area (Å²) in [5.74, 6) is 1.66. The van der Waals surface area contributed by atoms with E-state index in [1.165, 1.54) is 0 Å². The van der Waals surface area contributed by atoms with Crippen molar-refractivity contribution in [3.05, 3.63) is 36.4 Å². The van der Waals surface area contributed by atoms with Crippen LogP contribution in [-0.4, -0.2) is 17.1 Å². The molecule has 2 aromatic rings. The molecule has 96 valence electrons. The number of nitrogens with zero attached hydrogens (tertiary/aromatic N) is 1. The molecule has 0 saturated heterocycles. The molecule has 1 aromatic carbocycles. The Labute approximate surface area is 106 Å². The van der Waals surface area contributed by atoms with E-state index < -0.39 is 0 Å². The molecule has 5 heteroatoms. The lowest BCUT2D eigenvalue weighted by Gasteiger charge is -2.17. The molecule has 0 spiro atoms. The summed E-state index contributed by atoms with van der Waals surface area (Å²) in [4.78, 5) is 7.38. The molecule has 1 atom stereocenters. The average molecular weight is 246 g/mol. The van der Waals surface area contributed by atoms with Gasteiger partial charge >= 0.3 is 0 Å². The second-order valence-electron chi connectivity index (χ2n) is 4.07. The number of benzene rings is 1. The van der Waals surface area contributed by atoms with Crippen molar-refractivity contribution in [3.8, 4) is 5.75 Å². The van der Waals surface area contributed by atoms with Crippen LogP contribution in [-0.2, 0) is 0 Å². The van der Waals surface area contributed by atoms with Crippen LogP contribution >= 0.6 is 0 Å². The topological polar surface area (TPSA) is 76.0 Å². The zero-order valence-electron chi connectivity index (χ0n) is 10.6. The Hall–Kier alpha value is -2.17. The van der Waals surface area contributed by atoms with Gasteiger partial charge in [0.2, 0.25) is 0 Å². The first-order chi connectivity index (χ1) is 8.72. The maximum atomic E-state index is 5.83. The third-order valence-electron chi connectivity index (χ3n) is 2.76. The molecule has 1 aromatic heterocycles. The largest absolute Gasteiger partial charge is 0.497 e. The van der Waals surface area contributed by atoms with Gasteiger partial charge in [0.15, 0.2) is 0 Å². The predicted octanol–water partition coefficient (Wildman–Crippen LogP) is 2.56. The lowest BCUT2D eigenvalue weighted by molar-refractivity contribution is 0.415. The van der Waals surface area contributed by atoms with Crippen molar-refractivity contribution >= 4 is 11.4 Å². The second-order valence-corrected chi connectivity index (χ2v) is 4.07. The minimum Gasteiger partial charge on any atom is -0.497 e. The Morgan fingerprint density at radius 1 is 1.44 bits per heavy atom. The van der Waals surface area contributed by atoms with Gasteiger partial charge in [-0.05, 0) is 12.5 Å². The fourth-order valence-electron chi connectivity index (χ4n) is 1.86. The van der Waals surface area contributed by atoms with Gasteiger partial charge in [-0.2, -0.15) is 0 Å². The highest BCUT2D eigenvalue weighted by Crippen LogP contribution is 2.26. The van der Waals surface area contributed by atoms with Gasteiger partial charge in [-0.15, -0.1) is 0 Å². The molecular weight excluding hydrogens is 228 g/mol. The summed E-state index contributed by atoms with van der Waals surface area (Å²) < 4.78 is 5.20. The fourth-order valence-corrected chi connectivity index (χ4v) is 1.86. The third-order valence-corrected chi connectivity index (χ3v) is 2.76. The van der Waals surface area contributed by atoms with Gasteiger partial charge in [0, 0.05) is 35.9 Å². The molecule has 2 rings (SSSR count). The summed E-state index contributed by atoms with van der Waals surface area (Å²) in [6, 6.07) is 5.72. The number of nitrogens with one attached hydrogen (secondary N) is 2. The minimum absolute atomic E-state index is 0.131. The zero-order valence-corrected chi connectivity index (χ0v) is 10.6. The number of ether oxygens (including phenoxy) is 1. The normalized spacial score (nSPS) is 12.1. The van der Waals surface area contributed by atoms with E-state index in [-0.39, 0.29) is 6.04 Å². The quantitative estimate of drug-likeness (QED) is 0.709. The van der Waals surface area contributed by atoms with Crippen LogP contribution in [0, 0.1) is 0 Å². The molecule has 0 aliphatic heterocycles. The first-order valence-electron chi connectivity index (χ1n) is 5.93. The molecule has 0 bridgehead atoms. The number of anilines is 2. The third kappa shape index (κ3) is 2.74. The van der Waals surface area contributed by atoms with E-state index in [9.17, 15) is 0 Å². The van der Waals surface area contributed by atoms with E-state index in [1.54, 1.807) is 19.4 Å². The number of methoxy groups -OCH3 is 1. The van der Waals surface area contributed by atoms with E-state index >= 15 is 0 Å². The Balaban J connectivity index is 2.19. The molecule has 0 aliphatic rings. The number of aromatic nitrogens is 2. The molecule has 0 amide bonds. The fraction of sp³-hybridized carbons (Fsp3) is 0.308. The molecule has 0 aliphatic carbocycles. The predicted molar refractivity (Wildman–Crippen MR) is 72.6 cm³/mol. The Morgan fingerprint density at radius 2 is 2.28 bits per heavy atom. The average Bonchev–Trinajstić information content (AvgIpc) is 2.89. The highest BCUT2D eigenvalue weighted by Gasteiger charge is 2.11. The molecule has 0 saturated carbocycles. The first-order valence-corrected chi connectivity index (χ1v) is 5.93. The number of aromatic amines is 1. The number of hydrogen-bond acceptors (Lipinski definition) is 4. The molecule has 18 heavy (non-hydrogen) atoms. The van der Waals surface area contributed by atoms with Crippen molar-refractivity contribution in [2.45, 2.75) is 19.4 Å². The monoisotopic (exact) mass is 246 g/mol. The van der Waals surface area contributed by atoms with E-state index in [0.29, 0.717) is 5.69 Å². The van der Waals surface area contributed by atoms with Gasteiger partial charge in [0.05, 0.1) is 13.2 Å². The molecular formula is C13H18N4O. The summed E-state index contributed by atoms with van der Waals surface area (Å²) >= 11 is 0. The van der Waals surface area contributed by atoms with Gasteiger partial charge in [-0.1, -0.05) is 6.92 Å². The maximum Gasteiger partial charge on any atom is 0.128 e. The lowest BCUT2D eigenvalue weighted by Crippen LogP contribution is -2.11. The van der Waals surface area contributed by atoms with Crippen LogP contribution in [0.25, 0.3) is 0 Å². The van der Waals surface area contributed by atoms with Crippen LogP contribution in [0.3, 0.4) is 0 Å². The van der Waals surface area contributed by atoms with Crippen LogP contribution in [0.5, 0.6) is 5.75 Å². The van der Waals surface area contributed by atoms with Crippen molar-refractivity contribution in [1.29, 1.82) is 0 Å². The standard InChI is InChI=1S/C13H18N4O/c1-3-12(13-15-4-5-16-13)17-10-6-9(14)7-11(8-10)18-2/h4-8,12,17H,3,14H2,1-2H3,(H,15,16). The second kappa shape index (κ2) is 5.44. The van der Waals surface area contributed by atoms with Gasteiger partial charge in [0.1, 0.15) is 11.6 Å². The minimum atomic E-state index is 0.131. The molecule has 5 nitrogen and oxygen atoms in total. The van der Waals surface area contributed by atoms with Crippen molar-refractivity contribution in [1.82, 2.24) is 9.97 Å². The highest BCUT2D eigenvalue weighted by molar-refractivity contribution is 5.59. The molecule has 4 N–H and O–H groups in total. The van der Waals surface area contributed by atoms with Crippen LogP contribution in [0.15, 0.2) is 30.6 Å². The lowest BCUT2D eigenvalue weighted by atomic mass is 10.2. The molecule has 1 heterocycles. The number of imidazole rings is 1. The number of nitrogen functional groups attached to an aromatic ring is 1. The number of nitrogens with two attached hydrogens (primary N) is 1. The zero-order chi connectivity index (χ0) is 13.0. The van der Waals surface area contributed by atoms with Gasteiger partial charge in [0.25, 0.3) is 0 Å². The smallest absolute Gasteiger partial charge is 0.128 e. The van der Waals surface area contributed by atoms with Crippen LogP contribution in [0.2, 0.25) is 0 Å². The Kier molecular flexibility index (Phi) is 3.72. The summed E-state index contributed by atoms with van der Waals surface area (Å²) in [7, 11) is 1.63. The number of H-pyrrole nitrogens is 1. The highest BCUT2D eigenvalue weighted by atomic mass is 16.5. The maximum absolute atomic E-state index is 5.83. The van der Waals surface area contributed by atoms with Crippen molar-refractivity contribution in [2.75, 3.05) is 18.2 Å². The summed E-state index contributed by atoms with van der Waals surface area (Å²) in [6.45, 7) is 2.10. The Bertz CT molecular complexity index is 496. The van der Waals surface area contributed by atoms with E-state index in [4.69, 9.17) is 10.5 Å². The molecule has 1 unspecified atom stereocenters. The van der Waals surface area contributed by atoms with E-state index in [2.05, 4.69) is 22.2 Å². The van der Waals surface area contributed by atoms with E-state index in [1.807, 2.05) is 18.3 Å². The molecule has 0 radical (unpaired) electrons. The SMILES string of the molecule is CCC(Nc1cc(N)cc(OC)c1)c1ncc[nH]1. The van der Waals surface area contributed by atoms with Crippen molar-refractivity contribution in [2.24, 2.45) is 0 Å². The van der Waals surface area contributed by atoms with Gasteiger partial charge in [-0.3, -0.25) is 0 Å². The Morgan fingerprint density at radius 3 is 2.89 bits per heavy atom. The van der Waals surface area contributed by atoms with Crippen molar-refractivity contribution < 1.29 is 4.74 Å². The van der Waals surface area contributed by atoms with Gasteiger partial charge in [-0.25, -0.2) is 4.98 Å². The van der Waals surface area contributed by atoms with Crippen LogP contribution in [0.1, 0.15) is 25.2 Å². The van der Waals surface area contributed by atoms with Crippen LogP contribution < -0.4 is 15.8 Å². The summed E-state index contributed by atoms with van der Waals surface area (Å²) in [6.07, 6.45) is 4.49. The summed E-state index contributed by atoms with van der Waals surface area (Å²) in [5.41, 5.74) is 7.43. The van der Waals surface area contributed by atoms with Crippen LogP contribution in [0.4, 0.5) is 11.4 Å². The number of hydrogen-bond donors (Lipinski definition) is 3. The number of rotatable bonds is 5. The van der Waals surface area contributed by atoms with E-state index in [0.717, 1.165) is 23.7 Å². The molecule has 0 fully saturated rings.